The van der Waals surface area contributed by atoms with Crippen molar-refractivity contribution in [2.24, 2.45) is 0 Å². The van der Waals surface area contributed by atoms with E-state index in [1.54, 1.807) is 0 Å². The minimum atomic E-state index is -1.75. The SMILES string of the molecule is O.O.O.O.O.O.O.O.O.O.O.O.O.O.O.O.O.O.O.O.O.O.O.O.O=[N+]([O-])[O-].O=[N+]([O-])[O-].O=[N+]([O-])[O-].O=[N+]([O-])[O-].O=[N+]([O-])[O-].O=[N+]([O-])[O-].O=[N+]([O-])[O-].O=[N+]([O-])[O-].O=[N+]([O-])[O-].O=[N+]([O-])[O-].O=[N+]([O-])[O-].O=[N+]([O-])[O-].[Ce+3].[Ce+3].[Mg+2].[Mg+2].[Mg+2]. The van der Waals surface area contributed by atoms with E-state index in [-0.39, 0.29) is 284 Å². The fraction of sp³-hybridized carbons (Fsp3) is 0. The molecule has 0 atom stereocenters. The van der Waals surface area contributed by atoms with Crippen LogP contribution in [0.3, 0.4) is 0 Å². The van der Waals surface area contributed by atoms with Crippen LogP contribution in [0.4, 0.5) is 0 Å². The summed E-state index contributed by atoms with van der Waals surface area (Å²) in [6.45, 7) is 0. The Morgan fingerprint density at radius 1 is 0.117 bits per heavy atom. The molecule has 0 fully saturated rings. The summed E-state index contributed by atoms with van der Waals surface area (Å²) in [7, 11) is 0. The zero-order chi connectivity index (χ0) is 42.9. The van der Waals surface area contributed by atoms with E-state index < -0.39 is 61.0 Å². The van der Waals surface area contributed by atoms with E-state index in [1.807, 2.05) is 0 Å². The first-order valence-electron chi connectivity index (χ1n) is 6.57. The van der Waals surface area contributed by atoms with Crippen LogP contribution in [0.5, 0.6) is 0 Å². The van der Waals surface area contributed by atoms with Crippen LogP contribution >= 0.6 is 0 Å². The molecule has 0 aliphatic rings. The second kappa shape index (κ2) is 366. The van der Waals surface area contributed by atoms with Gasteiger partial charge in [0.25, 0.3) is 0 Å². The van der Waals surface area contributed by atoms with E-state index in [2.05, 4.69) is 0 Å². The van der Waals surface area contributed by atoms with Crippen LogP contribution in [0.25, 0.3) is 0 Å². The van der Waals surface area contributed by atoms with Crippen molar-refractivity contribution < 1.29 is 276 Å². The molecule has 0 aromatic rings. The van der Waals surface area contributed by atoms with E-state index in [1.165, 1.54) is 0 Å². The van der Waals surface area contributed by atoms with Gasteiger partial charge in [-0.25, -0.2) is 0 Å². The Bertz CT molecular complexity index is 613. The number of rotatable bonds is 0. The van der Waals surface area contributed by atoms with Gasteiger partial charge in [0.15, 0.2) is 0 Å². The summed E-state index contributed by atoms with van der Waals surface area (Å²) in [5.74, 6) is 0. The summed E-state index contributed by atoms with van der Waals surface area (Å²) >= 11 is 0. The van der Waals surface area contributed by atoms with Crippen molar-refractivity contribution >= 4 is 69.2 Å². The fourth-order valence-corrected chi connectivity index (χ4v) is 0. The maximum Gasteiger partial charge on any atom is 3.00 e. The topological polar surface area (TPSA) is 1550 Å². The summed E-state index contributed by atoms with van der Waals surface area (Å²) in [5, 5.41) is 177. The summed E-state index contributed by atoms with van der Waals surface area (Å²) in [5.41, 5.74) is 0. The van der Waals surface area contributed by atoms with Gasteiger partial charge in [0, 0.05) is 0 Å². The number of nitrogens with zero attached hydrogens (tertiary/aromatic N) is 12. The van der Waals surface area contributed by atoms with Crippen molar-refractivity contribution in [3.63, 3.8) is 0 Å². The predicted molar refractivity (Wildman–Crippen MR) is 228 cm³/mol. The maximum absolute atomic E-state index is 8.25. The number of hydrogen-bond acceptors (Lipinski definition) is 36. The molecule has 0 aromatic carbocycles. The third-order valence-electron chi connectivity index (χ3n) is 0. The van der Waals surface area contributed by atoms with Crippen LogP contribution in [0.2, 0.25) is 0 Å². The molecule has 0 amide bonds. The standard InChI is InChI=1S/2Ce.3Mg.12NO3.24H2O/c;;;;;12*2-1(3)4;;;;;;;;;;;;;;;;;;;;;;;;/h;;;;;;;;;;;;;;;;;24*1H2/q2*+3;3*+2;12*-1;;;;;;;;;;;;;;;;;;;;;;;;. The molecule has 77 heteroatoms. The smallest absolute Gasteiger partial charge is 0.412 e. The first kappa shape index (κ1) is 382. The predicted octanol–water partition coefficient (Wildman–Crippen LogP) is -23.8. The second-order valence-corrected chi connectivity index (χ2v) is 2.68. The zero-order valence-electron chi connectivity index (χ0n) is 35.2. The average molecular weight is 1530 g/mol. The van der Waals surface area contributed by atoms with E-state index in [4.69, 9.17) is 184 Å². The third kappa shape index (κ3) is 10900. The molecular weight excluding hydrogens is 1480 g/mol. The Hall–Kier alpha value is -5.51. The van der Waals surface area contributed by atoms with Gasteiger partial charge in [-0.3, -0.25) is 0 Å². The molecule has 0 rings (SSSR count). The van der Waals surface area contributed by atoms with Gasteiger partial charge in [-0.15, -0.1) is 0 Å². The summed E-state index contributed by atoms with van der Waals surface area (Å²) < 4.78 is 0. The van der Waals surface area contributed by atoms with Gasteiger partial charge >= 0.3 is 153 Å². The van der Waals surface area contributed by atoms with Gasteiger partial charge in [0.2, 0.25) is 0 Å². The van der Waals surface area contributed by atoms with Crippen molar-refractivity contribution in [2.75, 3.05) is 0 Å². The van der Waals surface area contributed by atoms with Crippen LogP contribution in [-0.4, -0.2) is 262 Å². The molecule has 482 valence electrons. The molecule has 0 spiro atoms. The molecule has 0 aliphatic heterocycles. The van der Waals surface area contributed by atoms with E-state index >= 15 is 0 Å². The Kier molecular flexibility index (Phi) is 1820. The minimum Gasteiger partial charge on any atom is -0.412 e. The molecule has 0 aliphatic carbocycles. The molecule has 48 N–H and O–H groups in total. The third-order valence-corrected chi connectivity index (χ3v) is 0. The van der Waals surface area contributed by atoms with E-state index in [9.17, 15) is 0 Å². The summed E-state index contributed by atoms with van der Waals surface area (Å²) in [6, 6.07) is 0. The molecule has 0 aromatic heterocycles. The summed E-state index contributed by atoms with van der Waals surface area (Å²) in [6.07, 6.45) is 0. The Morgan fingerprint density at radius 3 is 0.117 bits per heavy atom. The fourth-order valence-electron chi connectivity index (χ4n) is 0. The van der Waals surface area contributed by atoms with Crippen LogP contribution in [0, 0.1) is 267 Å². The summed E-state index contributed by atoms with van der Waals surface area (Å²) in [4.78, 5) is 99.0. The molecule has 0 heterocycles. The van der Waals surface area contributed by atoms with Crippen LogP contribution < -0.4 is 0 Å². The largest absolute Gasteiger partial charge is 3.00 e. The van der Waals surface area contributed by atoms with Crippen LogP contribution in [0.15, 0.2) is 0 Å². The Labute approximate surface area is 524 Å². The zero-order valence-corrected chi connectivity index (χ0v) is 45.7. The monoisotopic (exact) mass is 1530 g/mol. The van der Waals surface area contributed by atoms with Crippen LogP contribution in [0.1, 0.15) is 0 Å². The molecule has 0 unspecified atom stereocenters. The molecule has 0 bridgehead atoms. The van der Waals surface area contributed by atoms with Gasteiger partial charge in [-0.05, 0) is 0 Å². The molecule has 2 radical (unpaired) electrons. The minimum absolute atomic E-state index is 0. The van der Waals surface area contributed by atoms with Crippen molar-refractivity contribution in [1.82, 2.24) is 0 Å². The quantitative estimate of drug-likeness (QED) is 0.123. The van der Waals surface area contributed by atoms with Crippen molar-refractivity contribution in [3.05, 3.63) is 184 Å². The molecular formula is H48Ce2Mg3N12O60. The Balaban J connectivity index is -0.00000000455. The van der Waals surface area contributed by atoms with Gasteiger partial charge < -0.3 is 315 Å². The maximum atomic E-state index is 8.25. The first-order chi connectivity index (χ1) is 20.8. The average Bonchev–Trinajstić information content (AvgIpc) is 2.61. The van der Waals surface area contributed by atoms with Crippen LogP contribution in [-0.2, 0) is 0 Å². The normalized spacial score (nSPS) is 3.74. The molecule has 72 nitrogen and oxygen atoms in total. The number of hydrogen-bond donors (Lipinski definition) is 0. The van der Waals surface area contributed by atoms with Gasteiger partial charge in [0.05, 0.1) is 61.0 Å². The van der Waals surface area contributed by atoms with Crippen molar-refractivity contribution in [1.29, 1.82) is 0 Å². The van der Waals surface area contributed by atoms with E-state index in [0.717, 1.165) is 0 Å². The van der Waals surface area contributed by atoms with E-state index in [0.29, 0.717) is 0 Å². The molecule has 0 saturated carbocycles. The second-order valence-electron chi connectivity index (χ2n) is 2.68. The van der Waals surface area contributed by atoms with Crippen molar-refractivity contribution in [3.8, 4) is 0 Å². The molecule has 0 saturated heterocycles. The van der Waals surface area contributed by atoms with Gasteiger partial charge in [-0.1, -0.05) is 0 Å². The van der Waals surface area contributed by atoms with Gasteiger partial charge in [-0.2, -0.15) is 0 Å². The Morgan fingerprint density at radius 2 is 0.117 bits per heavy atom. The van der Waals surface area contributed by atoms with Gasteiger partial charge in [0.1, 0.15) is 0 Å². The first-order valence-corrected chi connectivity index (χ1v) is 6.57. The van der Waals surface area contributed by atoms with Crippen molar-refractivity contribution in [2.45, 2.75) is 0 Å². The molecule has 77 heavy (non-hydrogen) atoms.